The molecule has 0 aliphatic carbocycles. The second-order valence-corrected chi connectivity index (χ2v) is 18.2. The molecule has 7 atom stereocenters. The quantitative estimate of drug-likeness (QED) is 0.0276. The first kappa shape index (κ1) is 67.9. The Balaban J connectivity index is 5.89. The van der Waals surface area contributed by atoms with E-state index in [0.717, 1.165) is 25.7 Å². The summed E-state index contributed by atoms with van der Waals surface area (Å²) in [5, 5.41) is 19.8. The number of carbonyl (C=O) groups excluding carboxylic acids is 7. The largest absolute Gasteiger partial charge is 0.379 e. The topological polar surface area (TPSA) is 430 Å². The van der Waals surface area contributed by atoms with Gasteiger partial charge >= 0.3 is 0 Å². The summed E-state index contributed by atoms with van der Waals surface area (Å²) in [5.74, 6) is -2.99. The molecular weight excluding hydrogens is 931 g/mol. The van der Waals surface area contributed by atoms with Crippen LogP contribution in [0, 0.1) is 0 Å². The second-order valence-electron chi connectivity index (χ2n) is 18.2. The van der Waals surface area contributed by atoms with Crippen LogP contribution in [0.3, 0.4) is 0 Å². The molecule has 0 saturated heterocycles. The molecular formula is C48H99N15O9. The van der Waals surface area contributed by atoms with Crippen molar-refractivity contribution in [2.75, 3.05) is 78.8 Å². The summed E-state index contributed by atoms with van der Waals surface area (Å²) in [5.41, 5.74) is 46.7. The maximum Gasteiger partial charge on any atom is 0.243 e. The molecule has 0 aromatic rings. The Kier molecular flexibility index (Phi) is 42.9. The molecule has 0 rings (SSSR count). The fourth-order valence-electron chi connectivity index (χ4n) is 7.37. The second kappa shape index (κ2) is 45.5. The van der Waals surface area contributed by atoms with Crippen molar-refractivity contribution in [1.29, 1.82) is 0 Å². The number of carbonyl (C=O) groups is 7. The van der Waals surface area contributed by atoms with Crippen LogP contribution in [0.25, 0.3) is 0 Å². The standard InChI is InChI=1S/C48H99N15O9/c1-2-71-33-34-72-32-31-60-47(69)40(63-48(70)41(62-45(67)38(56)20-6-13-27-52)23-9-15-29-58-43(65)36(54)18-4-11-25-50)22-8-16-30-59-46(68)39(61-44(66)37(55)19-5-12-26-51)21-7-14-28-57-42(64)35(53)17-3-10-24-49/h35-41H,2-34,49-56H2,1H3,(H,57,64)(H,58,65)(H,59,68)(H,60,69)(H,61,66)(H,62,67)(H,63,70). The summed E-state index contributed by atoms with van der Waals surface area (Å²) in [7, 11) is 0. The predicted octanol–water partition coefficient (Wildman–Crippen LogP) is -2.71. The molecule has 7 unspecified atom stereocenters. The van der Waals surface area contributed by atoms with Crippen LogP contribution in [0.4, 0.5) is 0 Å². The maximum absolute atomic E-state index is 14.0. The fraction of sp³-hybridized carbons (Fsp3) is 0.854. The van der Waals surface area contributed by atoms with E-state index in [2.05, 4.69) is 37.2 Å². The van der Waals surface area contributed by atoms with Crippen LogP contribution in [0.1, 0.15) is 142 Å². The Hall–Kier alpha value is -4.11. The summed E-state index contributed by atoms with van der Waals surface area (Å²) in [6, 6.07) is -5.98. The van der Waals surface area contributed by atoms with Gasteiger partial charge in [-0.25, -0.2) is 0 Å². The van der Waals surface area contributed by atoms with Crippen molar-refractivity contribution >= 4 is 41.4 Å². The van der Waals surface area contributed by atoms with Crippen LogP contribution in [-0.2, 0) is 43.0 Å². The van der Waals surface area contributed by atoms with Crippen LogP contribution in [0.5, 0.6) is 0 Å². The molecule has 0 heterocycles. The van der Waals surface area contributed by atoms with Gasteiger partial charge in [0, 0.05) is 32.8 Å². The van der Waals surface area contributed by atoms with E-state index < -0.39 is 71.8 Å². The number of nitrogens with two attached hydrogens (primary N) is 8. The first-order chi connectivity index (χ1) is 34.7. The summed E-state index contributed by atoms with van der Waals surface area (Å²) in [6.07, 6.45) is 10.9. The van der Waals surface area contributed by atoms with Gasteiger partial charge in [-0.3, -0.25) is 33.6 Å². The number of rotatable bonds is 48. The van der Waals surface area contributed by atoms with Gasteiger partial charge in [0.25, 0.3) is 0 Å². The molecule has 0 radical (unpaired) electrons. The van der Waals surface area contributed by atoms with Gasteiger partial charge in [0.05, 0.1) is 44.0 Å². The molecule has 24 nitrogen and oxygen atoms in total. The molecule has 0 aromatic heterocycles. The molecule has 0 fully saturated rings. The van der Waals surface area contributed by atoms with E-state index in [9.17, 15) is 33.6 Å². The Bertz CT molecular complexity index is 1470. The lowest BCUT2D eigenvalue weighted by Crippen LogP contribution is -2.56. The Labute approximate surface area is 429 Å². The van der Waals surface area contributed by atoms with E-state index in [1.807, 2.05) is 6.92 Å². The van der Waals surface area contributed by atoms with Gasteiger partial charge in [-0.15, -0.1) is 0 Å². The highest BCUT2D eigenvalue weighted by Gasteiger charge is 2.29. The highest BCUT2D eigenvalue weighted by atomic mass is 16.5. The van der Waals surface area contributed by atoms with E-state index in [1.54, 1.807) is 0 Å². The van der Waals surface area contributed by atoms with E-state index in [4.69, 9.17) is 55.3 Å². The highest BCUT2D eigenvalue weighted by molar-refractivity contribution is 5.93. The summed E-state index contributed by atoms with van der Waals surface area (Å²) in [4.78, 5) is 92.4. The molecule has 0 aliphatic rings. The molecule has 72 heavy (non-hydrogen) atoms. The number of nitrogens with one attached hydrogen (secondary N) is 7. The minimum absolute atomic E-state index is 0.159. The van der Waals surface area contributed by atoms with E-state index in [1.165, 1.54) is 0 Å². The molecule has 23 N–H and O–H groups in total. The smallest absolute Gasteiger partial charge is 0.243 e. The van der Waals surface area contributed by atoms with Gasteiger partial charge in [0.2, 0.25) is 41.4 Å². The lowest BCUT2D eigenvalue weighted by molar-refractivity contribution is -0.132. The van der Waals surface area contributed by atoms with Gasteiger partial charge in [-0.2, -0.15) is 0 Å². The predicted molar refractivity (Wildman–Crippen MR) is 280 cm³/mol. The number of ether oxygens (including phenoxy) is 2. The van der Waals surface area contributed by atoms with E-state index in [0.29, 0.717) is 149 Å². The monoisotopic (exact) mass is 1030 g/mol. The lowest BCUT2D eigenvalue weighted by Gasteiger charge is -2.24. The van der Waals surface area contributed by atoms with E-state index in [-0.39, 0.29) is 50.8 Å². The van der Waals surface area contributed by atoms with Crippen LogP contribution < -0.4 is 83.1 Å². The zero-order chi connectivity index (χ0) is 53.8. The van der Waals surface area contributed by atoms with Gasteiger partial charge in [-0.1, -0.05) is 25.7 Å². The molecule has 0 aromatic carbocycles. The number of hydrogen-bond donors (Lipinski definition) is 15. The molecule has 420 valence electrons. The van der Waals surface area contributed by atoms with Gasteiger partial charge in [0.1, 0.15) is 18.1 Å². The minimum atomic E-state index is -1.05. The van der Waals surface area contributed by atoms with Crippen molar-refractivity contribution in [2.45, 2.75) is 184 Å². The fourth-order valence-corrected chi connectivity index (χ4v) is 7.37. The van der Waals surface area contributed by atoms with Gasteiger partial charge in [0.15, 0.2) is 0 Å². The van der Waals surface area contributed by atoms with E-state index >= 15 is 0 Å². The minimum Gasteiger partial charge on any atom is -0.379 e. The maximum atomic E-state index is 14.0. The highest BCUT2D eigenvalue weighted by Crippen LogP contribution is 2.09. The number of hydrogen-bond acceptors (Lipinski definition) is 17. The molecule has 0 spiro atoms. The van der Waals surface area contributed by atoms with Gasteiger partial charge in [-0.05, 0) is 142 Å². The zero-order valence-corrected chi connectivity index (χ0v) is 43.7. The van der Waals surface area contributed by atoms with Crippen LogP contribution in [0.2, 0.25) is 0 Å². The first-order valence-corrected chi connectivity index (χ1v) is 26.7. The summed E-state index contributed by atoms with van der Waals surface area (Å²) >= 11 is 0. The zero-order valence-electron chi connectivity index (χ0n) is 43.7. The Morgan fingerprint density at radius 1 is 0.333 bits per heavy atom. The molecule has 24 heteroatoms. The van der Waals surface area contributed by atoms with Crippen molar-refractivity contribution in [2.24, 2.45) is 45.9 Å². The molecule has 7 amide bonds. The molecule has 0 bridgehead atoms. The number of unbranched alkanes of at least 4 members (excludes halogenated alkanes) is 7. The Morgan fingerprint density at radius 3 is 0.986 bits per heavy atom. The summed E-state index contributed by atoms with van der Waals surface area (Å²) < 4.78 is 10.8. The average molecular weight is 1030 g/mol. The number of amides is 7. The van der Waals surface area contributed by atoms with Crippen LogP contribution in [0.15, 0.2) is 0 Å². The average Bonchev–Trinajstić information content (AvgIpc) is 3.36. The van der Waals surface area contributed by atoms with Gasteiger partial charge < -0.3 is 92.6 Å². The normalized spacial score (nSPS) is 14.2. The molecule has 0 saturated carbocycles. The van der Waals surface area contributed by atoms with Crippen molar-refractivity contribution in [1.82, 2.24) is 37.2 Å². The third-order valence-corrected chi connectivity index (χ3v) is 11.9. The third kappa shape index (κ3) is 35.1. The van der Waals surface area contributed by atoms with Crippen molar-refractivity contribution in [3.63, 3.8) is 0 Å². The third-order valence-electron chi connectivity index (χ3n) is 11.9. The summed E-state index contributed by atoms with van der Waals surface area (Å²) in [6.45, 7) is 6.34. The van der Waals surface area contributed by atoms with Crippen LogP contribution in [-0.4, -0.2) is 162 Å². The van der Waals surface area contributed by atoms with Crippen LogP contribution >= 0.6 is 0 Å². The van der Waals surface area contributed by atoms with Crippen molar-refractivity contribution < 1.29 is 43.0 Å². The van der Waals surface area contributed by atoms with Crippen molar-refractivity contribution in [3.8, 4) is 0 Å². The Morgan fingerprint density at radius 2 is 0.625 bits per heavy atom. The first-order valence-electron chi connectivity index (χ1n) is 26.7. The van der Waals surface area contributed by atoms with Crippen molar-refractivity contribution in [3.05, 3.63) is 0 Å². The lowest BCUT2D eigenvalue weighted by atomic mass is 10.0. The SMILES string of the molecule is CCOCCOCCNC(=O)C(CCCCNC(=O)C(CCCCNC(=O)C(N)CCCCN)NC(=O)C(N)CCCCN)NC(=O)C(CCCCNC(=O)C(N)CCCCN)NC(=O)C(N)CCCCN. The molecule has 0 aliphatic heterocycles.